The van der Waals surface area contributed by atoms with Crippen molar-refractivity contribution >= 4 is 22.5 Å². The van der Waals surface area contributed by atoms with Crippen LogP contribution in [0.25, 0.3) is 10.9 Å². The Morgan fingerprint density at radius 3 is 3.00 bits per heavy atom. The van der Waals surface area contributed by atoms with Crippen LogP contribution in [0.1, 0.15) is 30.1 Å². The number of nitrogens with one attached hydrogen (secondary N) is 2. The van der Waals surface area contributed by atoms with Gasteiger partial charge in [0, 0.05) is 27.7 Å². The lowest BCUT2D eigenvalue weighted by molar-refractivity contribution is 0.629. The van der Waals surface area contributed by atoms with Crippen molar-refractivity contribution in [3.05, 3.63) is 34.5 Å². The molecular formula is C13H15ClN2. The lowest BCUT2D eigenvalue weighted by Crippen LogP contribution is -2.13. The van der Waals surface area contributed by atoms with Gasteiger partial charge in [-0.25, -0.2) is 0 Å². The third-order valence-corrected chi connectivity index (χ3v) is 3.70. The molecule has 84 valence electrons. The van der Waals surface area contributed by atoms with E-state index in [4.69, 9.17) is 11.6 Å². The number of hydrogen-bond donors (Lipinski definition) is 2. The average molecular weight is 235 g/mol. The summed E-state index contributed by atoms with van der Waals surface area (Å²) in [6.07, 6.45) is 2.49. The number of fused-ring (bicyclic) bond motifs is 1. The molecule has 1 fully saturated rings. The monoisotopic (exact) mass is 234 g/mol. The molecule has 2 aromatic rings. The second-order valence-corrected chi connectivity index (χ2v) is 4.94. The number of aromatic nitrogens is 1. The van der Waals surface area contributed by atoms with Crippen LogP contribution in [0.4, 0.5) is 0 Å². The first-order valence-corrected chi connectivity index (χ1v) is 6.14. The second kappa shape index (κ2) is 3.79. The smallest absolute Gasteiger partial charge is 0.0476 e. The highest BCUT2D eigenvalue weighted by Crippen LogP contribution is 2.31. The number of hydrogen-bond acceptors (Lipinski definition) is 1. The number of benzene rings is 1. The van der Waals surface area contributed by atoms with E-state index in [0.29, 0.717) is 6.04 Å². The van der Waals surface area contributed by atoms with E-state index >= 15 is 0 Å². The molecule has 2 N–H and O–H groups in total. The SMILES string of the molecule is Cc1c(C2CCCN2)[nH]c2cc(Cl)ccc12. The van der Waals surface area contributed by atoms with Crippen LogP contribution in [-0.2, 0) is 0 Å². The van der Waals surface area contributed by atoms with Crippen LogP contribution in [-0.4, -0.2) is 11.5 Å². The van der Waals surface area contributed by atoms with Gasteiger partial charge in [0.1, 0.15) is 0 Å². The maximum atomic E-state index is 6.00. The van der Waals surface area contributed by atoms with Gasteiger partial charge < -0.3 is 10.3 Å². The number of H-pyrrole nitrogens is 1. The lowest BCUT2D eigenvalue weighted by atomic mass is 10.1. The molecule has 3 heteroatoms. The van der Waals surface area contributed by atoms with E-state index in [-0.39, 0.29) is 0 Å². The minimum absolute atomic E-state index is 0.492. The summed E-state index contributed by atoms with van der Waals surface area (Å²) in [5.41, 5.74) is 3.83. The Labute approximate surface area is 100.0 Å². The zero-order valence-corrected chi connectivity index (χ0v) is 10.1. The average Bonchev–Trinajstić information content (AvgIpc) is 2.86. The predicted molar refractivity (Wildman–Crippen MR) is 68.0 cm³/mol. The first-order valence-electron chi connectivity index (χ1n) is 5.77. The molecular weight excluding hydrogens is 220 g/mol. The number of halogens is 1. The molecule has 1 atom stereocenters. The molecule has 0 saturated carbocycles. The summed E-state index contributed by atoms with van der Waals surface area (Å²) >= 11 is 6.00. The van der Waals surface area contributed by atoms with E-state index in [9.17, 15) is 0 Å². The van der Waals surface area contributed by atoms with Crippen LogP contribution in [0.15, 0.2) is 18.2 Å². The summed E-state index contributed by atoms with van der Waals surface area (Å²) in [6.45, 7) is 3.31. The number of aromatic amines is 1. The molecule has 1 aromatic heterocycles. The van der Waals surface area contributed by atoms with Gasteiger partial charge in [-0.3, -0.25) is 0 Å². The highest BCUT2D eigenvalue weighted by atomic mass is 35.5. The van der Waals surface area contributed by atoms with Gasteiger partial charge in [-0.05, 0) is 44.0 Å². The molecule has 3 rings (SSSR count). The Hall–Kier alpha value is -0.990. The van der Waals surface area contributed by atoms with Crippen molar-refractivity contribution in [3.63, 3.8) is 0 Å². The summed E-state index contributed by atoms with van der Waals surface area (Å²) in [4.78, 5) is 3.50. The Bertz CT molecular complexity index is 524. The predicted octanol–water partition coefficient (Wildman–Crippen LogP) is 3.55. The molecule has 0 spiro atoms. The molecule has 0 radical (unpaired) electrons. The van der Waals surface area contributed by atoms with Crippen molar-refractivity contribution in [1.82, 2.24) is 10.3 Å². The van der Waals surface area contributed by atoms with Gasteiger partial charge in [-0.1, -0.05) is 17.7 Å². The first-order chi connectivity index (χ1) is 7.75. The molecule has 0 bridgehead atoms. The van der Waals surface area contributed by atoms with E-state index in [1.54, 1.807) is 0 Å². The summed E-state index contributed by atoms with van der Waals surface area (Å²) in [7, 11) is 0. The topological polar surface area (TPSA) is 27.8 Å². The highest BCUT2D eigenvalue weighted by Gasteiger charge is 2.20. The molecule has 1 saturated heterocycles. The Balaban J connectivity index is 2.14. The molecule has 1 unspecified atom stereocenters. The van der Waals surface area contributed by atoms with E-state index in [2.05, 4.69) is 23.3 Å². The van der Waals surface area contributed by atoms with Crippen LogP contribution in [0.5, 0.6) is 0 Å². The number of aryl methyl sites for hydroxylation is 1. The van der Waals surface area contributed by atoms with Crippen molar-refractivity contribution in [2.45, 2.75) is 25.8 Å². The summed E-state index contributed by atoms with van der Waals surface area (Å²) in [6, 6.07) is 6.55. The van der Waals surface area contributed by atoms with Gasteiger partial charge in [0.2, 0.25) is 0 Å². The van der Waals surface area contributed by atoms with Crippen molar-refractivity contribution in [2.75, 3.05) is 6.54 Å². The van der Waals surface area contributed by atoms with Crippen LogP contribution < -0.4 is 5.32 Å². The van der Waals surface area contributed by atoms with Gasteiger partial charge in [-0.15, -0.1) is 0 Å². The third kappa shape index (κ3) is 1.53. The third-order valence-electron chi connectivity index (χ3n) is 3.47. The largest absolute Gasteiger partial charge is 0.357 e. The van der Waals surface area contributed by atoms with E-state index in [0.717, 1.165) is 17.1 Å². The number of rotatable bonds is 1. The molecule has 1 aromatic carbocycles. The first kappa shape index (κ1) is 10.2. The van der Waals surface area contributed by atoms with Crippen LogP contribution in [0.3, 0.4) is 0 Å². The molecule has 1 aliphatic heterocycles. The zero-order valence-electron chi connectivity index (χ0n) is 9.31. The minimum atomic E-state index is 0.492. The Morgan fingerprint density at radius 2 is 2.25 bits per heavy atom. The lowest BCUT2D eigenvalue weighted by Gasteiger charge is -2.09. The Morgan fingerprint density at radius 1 is 1.38 bits per heavy atom. The normalized spacial score (nSPS) is 20.8. The molecule has 1 aliphatic rings. The van der Waals surface area contributed by atoms with Gasteiger partial charge in [0.15, 0.2) is 0 Å². The summed E-state index contributed by atoms with van der Waals surface area (Å²) < 4.78 is 0. The fourth-order valence-electron chi connectivity index (χ4n) is 2.61. The van der Waals surface area contributed by atoms with Crippen LogP contribution >= 0.6 is 11.6 Å². The van der Waals surface area contributed by atoms with Crippen LogP contribution in [0, 0.1) is 6.92 Å². The zero-order chi connectivity index (χ0) is 11.1. The van der Waals surface area contributed by atoms with Gasteiger partial charge in [-0.2, -0.15) is 0 Å². The molecule has 16 heavy (non-hydrogen) atoms. The van der Waals surface area contributed by atoms with E-state index in [1.807, 2.05) is 12.1 Å². The van der Waals surface area contributed by atoms with Crippen molar-refractivity contribution in [2.24, 2.45) is 0 Å². The Kier molecular flexibility index (Phi) is 2.41. The minimum Gasteiger partial charge on any atom is -0.357 e. The molecule has 2 nitrogen and oxygen atoms in total. The van der Waals surface area contributed by atoms with E-state index in [1.165, 1.54) is 29.5 Å². The van der Waals surface area contributed by atoms with Crippen LogP contribution in [0.2, 0.25) is 5.02 Å². The molecule has 0 amide bonds. The summed E-state index contributed by atoms with van der Waals surface area (Å²) in [5, 5.41) is 5.60. The molecule has 2 heterocycles. The van der Waals surface area contributed by atoms with E-state index < -0.39 is 0 Å². The fraction of sp³-hybridized carbons (Fsp3) is 0.385. The van der Waals surface area contributed by atoms with Crippen molar-refractivity contribution in [1.29, 1.82) is 0 Å². The molecule has 0 aliphatic carbocycles. The second-order valence-electron chi connectivity index (χ2n) is 4.50. The maximum Gasteiger partial charge on any atom is 0.0476 e. The van der Waals surface area contributed by atoms with Gasteiger partial charge >= 0.3 is 0 Å². The van der Waals surface area contributed by atoms with Gasteiger partial charge in [0.25, 0.3) is 0 Å². The van der Waals surface area contributed by atoms with Crippen molar-refractivity contribution in [3.8, 4) is 0 Å². The van der Waals surface area contributed by atoms with Crippen molar-refractivity contribution < 1.29 is 0 Å². The maximum absolute atomic E-state index is 6.00. The fourth-order valence-corrected chi connectivity index (χ4v) is 2.78. The summed E-state index contributed by atoms with van der Waals surface area (Å²) in [5.74, 6) is 0. The van der Waals surface area contributed by atoms with Gasteiger partial charge in [0.05, 0.1) is 0 Å². The standard InChI is InChI=1S/C13H15ClN2/c1-8-10-5-4-9(14)7-12(10)16-13(8)11-3-2-6-15-11/h4-5,7,11,15-16H,2-3,6H2,1H3. The highest BCUT2D eigenvalue weighted by molar-refractivity contribution is 6.31. The quantitative estimate of drug-likeness (QED) is 0.776.